The van der Waals surface area contributed by atoms with Gasteiger partial charge in [-0.2, -0.15) is 0 Å². The Balaban J connectivity index is 4.23. The third-order valence-corrected chi connectivity index (χ3v) is 2.36. The number of rotatable bonds is 3. The molecular formula is C8H16ClNO. The Labute approximate surface area is 73.5 Å². The standard InChI is InChI=1S/C8H16ClNO/c1-5-8(3,9)7(11)10(4)6-2/h5-6H2,1-4H3. The van der Waals surface area contributed by atoms with Crippen molar-refractivity contribution in [3.8, 4) is 0 Å². The van der Waals surface area contributed by atoms with E-state index < -0.39 is 4.87 Å². The zero-order valence-corrected chi connectivity index (χ0v) is 8.40. The van der Waals surface area contributed by atoms with Crippen LogP contribution in [0.3, 0.4) is 0 Å². The monoisotopic (exact) mass is 177 g/mol. The van der Waals surface area contributed by atoms with Crippen LogP contribution in [0, 0.1) is 0 Å². The van der Waals surface area contributed by atoms with Crippen LogP contribution in [0.2, 0.25) is 0 Å². The van der Waals surface area contributed by atoms with Gasteiger partial charge < -0.3 is 4.90 Å². The van der Waals surface area contributed by atoms with E-state index in [-0.39, 0.29) is 5.91 Å². The molecule has 0 fully saturated rings. The Hall–Kier alpha value is -0.240. The predicted octanol–water partition coefficient (Wildman–Crippen LogP) is 1.87. The summed E-state index contributed by atoms with van der Waals surface area (Å²) in [4.78, 5) is 12.3. The van der Waals surface area contributed by atoms with E-state index in [2.05, 4.69) is 0 Å². The van der Waals surface area contributed by atoms with Crippen molar-refractivity contribution < 1.29 is 4.79 Å². The van der Waals surface area contributed by atoms with Crippen LogP contribution in [0.5, 0.6) is 0 Å². The number of carbonyl (C=O) groups is 1. The van der Waals surface area contributed by atoms with Gasteiger partial charge in [0.2, 0.25) is 5.91 Å². The molecule has 0 heterocycles. The highest BCUT2D eigenvalue weighted by molar-refractivity contribution is 6.34. The molecule has 2 nitrogen and oxygen atoms in total. The first kappa shape index (κ1) is 10.8. The number of hydrogen-bond acceptors (Lipinski definition) is 1. The summed E-state index contributed by atoms with van der Waals surface area (Å²) < 4.78 is 0. The number of amides is 1. The average Bonchev–Trinajstić information content (AvgIpc) is 2.01. The van der Waals surface area contributed by atoms with Crippen molar-refractivity contribution in [3.05, 3.63) is 0 Å². The maximum absolute atomic E-state index is 11.4. The molecule has 0 aliphatic rings. The minimum Gasteiger partial charge on any atom is -0.345 e. The first-order chi connectivity index (χ1) is 4.95. The van der Waals surface area contributed by atoms with Gasteiger partial charge in [0, 0.05) is 13.6 Å². The fourth-order valence-electron chi connectivity index (χ4n) is 0.693. The molecule has 0 aliphatic heterocycles. The van der Waals surface area contributed by atoms with Crippen LogP contribution in [0.25, 0.3) is 0 Å². The smallest absolute Gasteiger partial charge is 0.243 e. The average molecular weight is 178 g/mol. The van der Waals surface area contributed by atoms with E-state index in [4.69, 9.17) is 11.6 Å². The minimum absolute atomic E-state index is 0.00386. The number of halogens is 1. The van der Waals surface area contributed by atoms with Gasteiger partial charge in [-0.05, 0) is 20.3 Å². The number of carbonyl (C=O) groups excluding carboxylic acids is 1. The van der Waals surface area contributed by atoms with Crippen molar-refractivity contribution >= 4 is 17.5 Å². The fourth-order valence-corrected chi connectivity index (χ4v) is 0.837. The lowest BCUT2D eigenvalue weighted by Gasteiger charge is -2.25. The summed E-state index contributed by atoms with van der Waals surface area (Å²) in [6.07, 6.45) is 0.664. The predicted molar refractivity (Wildman–Crippen MR) is 47.9 cm³/mol. The fraction of sp³-hybridized carbons (Fsp3) is 0.875. The van der Waals surface area contributed by atoms with Crippen LogP contribution < -0.4 is 0 Å². The Kier molecular flexibility index (Phi) is 3.87. The molecule has 1 unspecified atom stereocenters. The number of hydrogen-bond donors (Lipinski definition) is 0. The Morgan fingerprint density at radius 2 is 2.00 bits per heavy atom. The van der Waals surface area contributed by atoms with E-state index in [0.29, 0.717) is 13.0 Å². The largest absolute Gasteiger partial charge is 0.345 e. The van der Waals surface area contributed by atoms with E-state index in [1.807, 2.05) is 13.8 Å². The zero-order valence-electron chi connectivity index (χ0n) is 7.65. The molecular weight excluding hydrogens is 162 g/mol. The van der Waals surface area contributed by atoms with Gasteiger partial charge in [0.05, 0.1) is 0 Å². The highest BCUT2D eigenvalue weighted by atomic mass is 35.5. The van der Waals surface area contributed by atoms with E-state index >= 15 is 0 Å². The summed E-state index contributed by atoms with van der Waals surface area (Å²) in [6.45, 7) is 6.30. The van der Waals surface area contributed by atoms with Crippen molar-refractivity contribution in [2.75, 3.05) is 13.6 Å². The van der Waals surface area contributed by atoms with Crippen molar-refractivity contribution in [1.29, 1.82) is 0 Å². The molecule has 0 aliphatic carbocycles. The zero-order chi connectivity index (χ0) is 9.07. The second-order valence-electron chi connectivity index (χ2n) is 2.87. The van der Waals surface area contributed by atoms with Crippen LogP contribution in [-0.2, 0) is 4.79 Å². The molecule has 66 valence electrons. The second kappa shape index (κ2) is 3.96. The number of alkyl halides is 1. The van der Waals surface area contributed by atoms with Gasteiger partial charge in [-0.25, -0.2) is 0 Å². The molecule has 0 aromatic rings. The topological polar surface area (TPSA) is 20.3 Å². The van der Waals surface area contributed by atoms with Gasteiger partial charge in [0.1, 0.15) is 4.87 Å². The van der Waals surface area contributed by atoms with E-state index in [0.717, 1.165) is 0 Å². The molecule has 0 spiro atoms. The van der Waals surface area contributed by atoms with E-state index in [1.165, 1.54) is 0 Å². The second-order valence-corrected chi connectivity index (χ2v) is 3.70. The Morgan fingerprint density at radius 1 is 1.55 bits per heavy atom. The molecule has 1 atom stereocenters. The van der Waals surface area contributed by atoms with Crippen molar-refractivity contribution in [1.82, 2.24) is 4.90 Å². The highest BCUT2D eigenvalue weighted by Crippen LogP contribution is 2.20. The normalized spacial score (nSPS) is 15.7. The summed E-state index contributed by atoms with van der Waals surface area (Å²) in [6, 6.07) is 0. The number of nitrogens with zero attached hydrogens (tertiary/aromatic N) is 1. The van der Waals surface area contributed by atoms with Gasteiger partial charge >= 0.3 is 0 Å². The molecule has 11 heavy (non-hydrogen) atoms. The summed E-state index contributed by atoms with van der Waals surface area (Å²) in [5, 5.41) is 0. The van der Waals surface area contributed by atoms with Crippen LogP contribution >= 0.6 is 11.6 Å². The Bertz CT molecular complexity index is 145. The third-order valence-electron chi connectivity index (χ3n) is 1.93. The van der Waals surface area contributed by atoms with Gasteiger partial charge in [0.25, 0.3) is 0 Å². The van der Waals surface area contributed by atoms with Crippen molar-refractivity contribution in [3.63, 3.8) is 0 Å². The van der Waals surface area contributed by atoms with Crippen LogP contribution in [-0.4, -0.2) is 29.3 Å². The summed E-state index contributed by atoms with van der Waals surface area (Å²) in [5.74, 6) is 0.00386. The van der Waals surface area contributed by atoms with Crippen molar-refractivity contribution in [2.45, 2.75) is 32.1 Å². The molecule has 0 saturated carbocycles. The van der Waals surface area contributed by atoms with Crippen LogP contribution in [0.1, 0.15) is 27.2 Å². The van der Waals surface area contributed by atoms with Crippen molar-refractivity contribution in [2.24, 2.45) is 0 Å². The van der Waals surface area contributed by atoms with E-state index in [9.17, 15) is 4.79 Å². The molecule has 0 saturated heterocycles. The first-order valence-corrected chi connectivity index (χ1v) is 4.28. The lowest BCUT2D eigenvalue weighted by molar-refractivity contribution is -0.132. The van der Waals surface area contributed by atoms with E-state index in [1.54, 1.807) is 18.9 Å². The lowest BCUT2D eigenvalue weighted by Crippen LogP contribution is -2.40. The minimum atomic E-state index is -0.717. The highest BCUT2D eigenvalue weighted by Gasteiger charge is 2.30. The van der Waals surface area contributed by atoms with Gasteiger partial charge in [-0.1, -0.05) is 6.92 Å². The molecule has 0 N–H and O–H groups in total. The maximum atomic E-state index is 11.4. The van der Waals surface area contributed by atoms with Gasteiger partial charge in [-0.15, -0.1) is 11.6 Å². The molecule has 0 rings (SSSR count). The van der Waals surface area contributed by atoms with Crippen LogP contribution in [0.4, 0.5) is 0 Å². The maximum Gasteiger partial charge on any atom is 0.243 e. The SMILES string of the molecule is CCN(C)C(=O)C(C)(Cl)CC. The quantitative estimate of drug-likeness (QED) is 0.603. The molecule has 0 bridgehead atoms. The van der Waals surface area contributed by atoms with Gasteiger partial charge in [0.15, 0.2) is 0 Å². The Morgan fingerprint density at radius 3 is 2.27 bits per heavy atom. The molecule has 3 heteroatoms. The first-order valence-electron chi connectivity index (χ1n) is 3.90. The van der Waals surface area contributed by atoms with Crippen LogP contribution in [0.15, 0.2) is 0 Å². The molecule has 0 aromatic carbocycles. The summed E-state index contributed by atoms with van der Waals surface area (Å²) in [7, 11) is 1.76. The summed E-state index contributed by atoms with van der Waals surface area (Å²) in [5.41, 5.74) is 0. The summed E-state index contributed by atoms with van der Waals surface area (Å²) >= 11 is 5.95. The lowest BCUT2D eigenvalue weighted by atomic mass is 10.1. The third kappa shape index (κ3) is 2.70. The van der Waals surface area contributed by atoms with Gasteiger partial charge in [-0.3, -0.25) is 4.79 Å². The molecule has 0 aromatic heterocycles. The molecule has 1 amide bonds. The molecule has 0 radical (unpaired) electrons.